The maximum Gasteiger partial charge on any atom is 0.270 e. The van der Waals surface area contributed by atoms with Gasteiger partial charge in [0.05, 0.1) is 6.67 Å². The number of nitrogens with one attached hydrogen (secondary N) is 2. The summed E-state index contributed by atoms with van der Waals surface area (Å²) in [6.07, 6.45) is 4.86. The molecule has 1 aromatic carbocycles. The van der Waals surface area contributed by atoms with Crippen LogP contribution in [0.3, 0.4) is 0 Å². The predicted octanol–water partition coefficient (Wildman–Crippen LogP) is 2.26. The molecule has 0 atom stereocenters. The van der Waals surface area contributed by atoms with Crippen molar-refractivity contribution < 1.29 is 4.79 Å². The lowest BCUT2D eigenvalue weighted by Crippen LogP contribution is -2.28. The molecule has 0 radical (unpaired) electrons. The first-order chi connectivity index (χ1) is 10.8. The molecule has 1 aliphatic heterocycles. The standard InChI is InChI=1S/C16H18N4OS/c21-15(18-7-4-9-20-10-8-17-12-20)14-11-22-16(19-14)13-5-2-1-3-6-13/h1-3,5-6,8,10-11,17H,4,7,9,12H2,(H,18,21). The van der Waals surface area contributed by atoms with Crippen LogP contribution in [0, 0.1) is 0 Å². The van der Waals surface area contributed by atoms with Gasteiger partial charge >= 0.3 is 0 Å². The van der Waals surface area contributed by atoms with Gasteiger partial charge in [-0.1, -0.05) is 30.3 Å². The molecule has 114 valence electrons. The van der Waals surface area contributed by atoms with E-state index in [1.807, 2.05) is 48.1 Å². The second kappa shape index (κ2) is 7.09. The number of hydrogen-bond acceptors (Lipinski definition) is 5. The van der Waals surface area contributed by atoms with Gasteiger partial charge in [-0.25, -0.2) is 4.98 Å². The number of thiazole rings is 1. The minimum Gasteiger partial charge on any atom is -0.373 e. The van der Waals surface area contributed by atoms with Crippen LogP contribution in [-0.4, -0.2) is 35.5 Å². The maximum absolute atomic E-state index is 12.1. The highest BCUT2D eigenvalue weighted by Gasteiger charge is 2.11. The summed E-state index contributed by atoms with van der Waals surface area (Å²) < 4.78 is 0. The first kappa shape index (κ1) is 14.6. The van der Waals surface area contributed by atoms with Crippen molar-refractivity contribution >= 4 is 17.2 Å². The molecule has 2 aromatic rings. The molecular formula is C16H18N4OS. The largest absolute Gasteiger partial charge is 0.373 e. The Kier molecular flexibility index (Phi) is 4.70. The number of aromatic nitrogens is 1. The lowest BCUT2D eigenvalue weighted by Gasteiger charge is -2.14. The Morgan fingerprint density at radius 3 is 3.00 bits per heavy atom. The summed E-state index contributed by atoms with van der Waals surface area (Å²) in [7, 11) is 0. The van der Waals surface area contributed by atoms with E-state index in [0.717, 1.165) is 30.2 Å². The van der Waals surface area contributed by atoms with Gasteiger partial charge in [-0.2, -0.15) is 0 Å². The average molecular weight is 314 g/mol. The normalized spacial score (nSPS) is 13.2. The molecule has 2 heterocycles. The molecule has 0 bridgehead atoms. The minimum atomic E-state index is -0.103. The number of hydrogen-bond donors (Lipinski definition) is 2. The first-order valence-corrected chi connectivity index (χ1v) is 8.14. The fourth-order valence-corrected chi connectivity index (χ4v) is 3.01. The third-order valence-electron chi connectivity index (χ3n) is 3.36. The van der Waals surface area contributed by atoms with Crippen LogP contribution in [0.4, 0.5) is 0 Å². The number of amides is 1. The van der Waals surface area contributed by atoms with Crippen molar-refractivity contribution in [2.75, 3.05) is 19.8 Å². The maximum atomic E-state index is 12.1. The molecular weight excluding hydrogens is 296 g/mol. The van der Waals surface area contributed by atoms with Gasteiger partial charge in [-0.05, 0) is 6.42 Å². The number of rotatable bonds is 6. The molecule has 0 fully saturated rings. The molecule has 2 N–H and O–H groups in total. The van der Waals surface area contributed by atoms with Crippen LogP contribution in [0.2, 0.25) is 0 Å². The molecule has 1 aliphatic rings. The van der Waals surface area contributed by atoms with E-state index in [1.54, 1.807) is 0 Å². The van der Waals surface area contributed by atoms with Crippen LogP contribution in [-0.2, 0) is 0 Å². The Labute approximate surface area is 133 Å². The van der Waals surface area contributed by atoms with Crippen LogP contribution in [0.25, 0.3) is 10.6 Å². The van der Waals surface area contributed by atoms with Gasteiger partial charge in [0, 0.05) is 36.4 Å². The van der Waals surface area contributed by atoms with Crippen molar-refractivity contribution in [3.05, 3.63) is 53.8 Å². The lowest BCUT2D eigenvalue weighted by atomic mass is 10.2. The van der Waals surface area contributed by atoms with Crippen LogP contribution in [0.15, 0.2) is 48.1 Å². The van der Waals surface area contributed by atoms with E-state index in [0.29, 0.717) is 12.2 Å². The van der Waals surface area contributed by atoms with E-state index in [9.17, 15) is 4.79 Å². The Balaban J connectivity index is 1.48. The summed E-state index contributed by atoms with van der Waals surface area (Å²) in [5.74, 6) is -0.103. The fourth-order valence-electron chi connectivity index (χ4n) is 2.20. The highest BCUT2D eigenvalue weighted by Crippen LogP contribution is 2.23. The monoisotopic (exact) mass is 314 g/mol. The molecule has 22 heavy (non-hydrogen) atoms. The van der Waals surface area contributed by atoms with Gasteiger partial charge in [0.25, 0.3) is 5.91 Å². The first-order valence-electron chi connectivity index (χ1n) is 7.26. The molecule has 0 unspecified atom stereocenters. The summed E-state index contributed by atoms with van der Waals surface area (Å²) in [5, 5.41) is 8.72. The molecule has 3 rings (SSSR count). The van der Waals surface area contributed by atoms with Crippen molar-refractivity contribution in [2.45, 2.75) is 6.42 Å². The minimum absolute atomic E-state index is 0.103. The zero-order valence-electron chi connectivity index (χ0n) is 12.2. The van der Waals surface area contributed by atoms with E-state index in [1.165, 1.54) is 11.3 Å². The highest BCUT2D eigenvalue weighted by molar-refractivity contribution is 7.13. The molecule has 0 spiro atoms. The number of nitrogens with zero attached hydrogens (tertiary/aromatic N) is 2. The van der Waals surface area contributed by atoms with Crippen molar-refractivity contribution in [2.24, 2.45) is 0 Å². The third kappa shape index (κ3) is 3.65. The summed E-state index contributed by atoms with van der Waals surface area (Å²) in [5.41, 5.74) is 1.53. The van der Waals surface area contributed by atoms with Gasteiger partial charge in [0.1, 0.15) is 10.7 Å². The Morgan fingerprint density at radius 1 is 1.36 bits per heavy atom. The number of carbonyl (C=O) groups excluding carboxylic acids is 1. The van der Waals surface area contributed by atoms with E-state index < -0.39 is 0 Å². The third-order valence-corrected chi connectivity index (χ3v) is 4.25. The van der Waals surface area contributed by atoms with Crippen LogP contribution < -0.4 is 10.6 Å². The average Bonchev–Trinajstić information content (AvgIpc) is 3.24. The van der Waals surface area contributed by atoms with Gasteiger partial charge in [-0.15, -0.1) is 11.3 Å². The smallest absolute Gasteiger partial charge is 0.270 e. The Hall–Kier alpha value is -2.34. The summed E-state index contributed by atoms with van der Waals surface area (Å²) >= 11 is 1.49. The van der Waals surface area contributed by atoms with E-state index in [4.69, 9.17) is 0 Å². The molecule has 5 nitrogen and oxygen atoms in total. The zero-order valence-corrected chi connectivity index (χ0v) is 13.0. The van der Waals surface area contributed by atoms with Crippen molar-refractivity contribution in [3.63, 3.8) is 0 Å². The number of carbonyl (C=O) groups is 1. The second-order valence-corrected chi connectivity index (χ2v) is 5.86. The fraction of sp³-hybridized carbons (Fsp3) is 0.250. The van der Waals surface area contributed by atoms with Crippen LogP contribution >= 0.6 is 11.3 Å². The molecule has 0 saturated carbocycles. The topological polar surface area (TPSA) is 57.3 Å². The molecule has 0 aliphatic carbocycles. The van der Waals surface area contributed by atoms with Crippen molar-refractivity contribution in [3.8, 4) is 10.6 Å². The summed E-state index contributed by atoms with van der Waals surface area (Å²) in [6, 6.07) is 9.91. The Bertz CT molecular complexity index is 653. The van der Waals surface area contributed by atoms with E-state index in [2.05, 4.69) is 20.5 Å². The molecule has 1 aromatic heterocycles. The molecule has 0 saturated heterocycles. The van der Waals surface area contributed by atoms with Gasteiger partial charge in [0.2, 0.25) is 0 Å². The zero-order chi connectivity index (χ0) is 15.2. The lowest BCUT2D eigenvalue weighted by molar-refractivity contribution is 0.0948. The SMILES string of the molecule is O=C(NCCCN1C=CNC1)c1csc(-c2ccccc2)n1. The Morgan fingerprint density at radius 2 is 2.23 bits per heavy atom. The quantitative estimate of drug-likeness (QED) is 0.803. The van der Waals surface area contributed by atoms with Gasteiger partial charge in [-0.3, -0.25) is 4.79 Å². The van der Waals surface area contributed by atoms with Gasteiger partial charge in [0.15, 0.2) is 0 Å². The molecule has 1 amide bonds. The van der Waals surface area contributed by atoms with Crippen molar-refractivity contribution in [1.29, 1.82) is 0 Å². The van der Waals surface area contributed by atoms with Crippen molar-refractivity contribution in [1.82, 2.24) is 20.5 Å². The summed E-state index contributed by atoms with van der Waals surface area (Å²) in [6.45, 7) is 2.43. The van der Waals surface area contributed by atoms with Crippen LogP contribution in [0.1, 0.15) is 16.9 Å². The van der Waals surface area contributed by atoms with E-state index in [-0.39, 0.29) is 5.91 Å². The molecule has 6 heteroatoms. The van der Waals surface area contributed by atoms with E-state index >= 15 is 0 Å². The predicted molar refractivity (Wildman–Crippen MR) is 88.3 cm³/mol. The second-order valence-electron chi connectivity index (χ2n) is 5.00. The van der Waals surface area contributed by atoms with Crippen LogP contribution in [0.5, 0.6) is 0 Å². The highest BCUT2D eigenvalue weighted by atomic mass is 32.1. The van der Waals surface area contributed by atoms with Gasteiger partial charge < -0.3 is 15.5 Å². The number of benzene rings is 1. The summed E-state index contributed by atoms with van der Waals surface area (Å²) in [4.78, 5) is 18.7.